The molecule has 0 spiro atoms. The first-order valence-corrected chi connectivity index (χ1v) is 11.1. The first-order chi connectivity index (χ1) is 14.3. The van der Waals surface area contributed by atoms with Crippen molar-refractivity contribution in [2.45, 2.75) is 23.9 Å². The number of hydrogen-bond donors (Lipinski definition) is 2. The molecule has 162 valence electrons. The predicted molar refractivity (Wildman–Crippen MR) is 115 cm³/mol. The van der Waals surface area contributed by atoms with Crippen LogP contribution in [0.15, 0.2) is 52.5 Å². The van der Waals surface area contributed by atoms with Crippen LogP contribution >= 0.6 is 0 Å². The predicted octanol–water partition coefficient (Wildman–Crippen LogP) is 1.41. The van der Waals surface area contributed by atoms with E-state index in [-0.39, 0.29) is 16.8 Å². The van der Waals surface area contributed by atoms with E-state index in [0.717, 1.165) is 12.0 Å². The van der Waals surface area contributed by atoms with Crippen molar-refractivity contribution in [3.63, 3.8) is 0 Å². The number of sulfonamides is 1. The summed E-state index contributed by atoms with van der Waals surface area (Å²) in [4.78, 5) is 10.6. The molecule has 0 aliphatic carbocycles. The fraction of sp³-hybridized carbons (Fsp3) is 0.400. The summed E-state index contributed by atoms with van der Waals surface area (Å²) in [7, 11) is 1.27. The lowest BCUT2D eigenvalue weighted by Gasteiger charge is -2.20. The summed E-state index contributed by atoms with van der Waals surface area (Å²) in [6, 6.07) is 9.86. The average Bonchev–Trinajstić information content (AvgIpc) is 3.20. The van der Waals surface area contributed by atoms with Crippen LogP contribution in [0.2, 0.25) is 0 Å². The van der Waals surface area contributed by atoms with E-state index in [9.17, 15) is 12.8 Å². The first kappa shape index (κ1) is 22.0. The Hall–Kier alpha value is -2.72. The van der Waals surface area contributed by atoms with Crippen molar-refractivity contribution in [3.05, 3.63) is 54.0 Å². The molecule has 1 unspecified atom stereocenters. The number of rotatable bonds is 6. The molecule has 1 aromatic heterocycles. The third-order valence-electron chi connectivity index (χ3n) is 4.95. The molecule has 1 aromatic carbocycles. The van der Waals surface area contributed by atoms with Crippen molar-refractivity contribution in [2.24, 2.45) is 4.99 Å². The van der Waals surface area contributed by atoms with Crippen molar-refractivity contribution < 1.29 is 12.8 Å². The van der Waals surface area contributed by atoms with Gasteiger partial charge in [-0.25, -0.2) is 22.1 Å². The maximum atomic E-state index is 14.0. The standard InChI is InChI=1S/C20H27FN6O2S/c1-22-20(24-13-15-6-8-17(9-7-15)30(28,29)26(2)3)25-16-10-12-27(14-16)19-18(21)5-4-11-23-19/h4-9,11,16H,10,12-14H2,1-3H3,(H2,22,24,25). The van der Waals surface area contributed by atoms with Crippen molar-refractivity contribution in [3.8, 4) is 0 Å². The van der Waals surface area contributed by atoms with Gasteiger partial charge in [-0.05, 0) is 36.2 Å². The quantitative estimate of drug-likeness (QED) is 0.528. The lowest BCUT2D eigenvalue weighted by atomic mass is 10.2. The first-order valence-electron chi connectivity index (χ1n) is 9.65. The molecule has 0 saturated carbocycles. The number of guanidine groups is 1. The molecule has 3 rings (SSSR count). The van der Waals surface area contributed by atoms with Gasteiger partial charge in [0, 0.05) is 53.0 Å². The SMILES string of the molecule is CN=C(NCc1ccc(S(=O)(=O)N(C)C)cc1)NC1CCN(c2ncccc2F)C1. The Kier molecular flexibility index (Phi) is 6.88. The highest BCUT2D eigenvalue weighted by molar-refractivity contribution is 7.89. The minimum absolute atomic E-state index is 0.116. The average molecular weight is 435 g/mol. The smallest absolute Gasteiger partial charge is 0.242 e. The van der Waals surface area contributed by atoms with Crippen LogP contribution in [0.25, 0.3) is 0 Å². The van der Waals surface area contributed by atoms with Crippen molar-refractivity contribution >= 4 is 21.8 Å². The summed E-state index contributed by atoms with van der Waals surface area (Å²) >= 11 is 0. The molecule has 8 nitrogen and oxygen atoms in total. The van der Waals surface area contributed by atoms with Crippen LogP contribution in [0, 0.1) is 5.82 Å². The molecule has 30 heavy (non-hydrogen) atoms. The summed E-state index contributed by atoms with van der Waals surface area (Å²) in [6.07, 6.45) is 2.43. The van der Waals surface area contributed by atoms with E-state index in [1.165, 1.54) is 24.5 Å². The number of aliphatic imine (C=N–C) groups is 1. The molecule has 0 radical (unpaired) electrons. The molecular formula is C20H27FN6O2S. The fourth-order valence-corrected chi connectivity index (χ4v) is 4.15. The Morgan fingerprint density at radius 1 is 1.30 bits per heavy atom. The molecule has 10 heteroatoms. The second kappa shape index (κ2) is 9.40. The molecule has 1 aliphatic heterocycles. The Morgan fingerprint density at radius 3 is 2.67 bits per heavy atom. The molecule has 0 amide bonds. The normalized spacial score (nSPS) is 17.4. The van der Waals surface area contributed by atoms with Crippen LogP contribution in [-0.2, 0) is 16.6 Å². The number of benzene rings is 1. The maximum absolute atomic E-state index is 14.0. The van der Waals surface area contributed by atoms with Crippen LogP contribution in [0.5, 0.6) is 0 Å². The molecular weight excluding hydrogens is 407 g/mol. The van der Waals surface area contributed by atoms with Gasteiger partial charge in [0.05, 0.1) is 4.90 Å². The van der Waals surface area contributed by atoms with E-state index in [1.54, 1.807) is 43.6 Å². The number of halogens is 1. The van der Waals surface area contributed by atoms with Crippen LogP contribution in [0.3, 0.4) is 0 Å². The van der Waals surface area contributed by atoms with E-state index in [0.29, 0.717) is 31.4 Å². The summed E-state index contributed by atoms with van der Waals surface area (Å²) in [5.41, 5.74) is 0.930. The van der Waals surface area contributed by atoms with Gasteiger partial charge in [0.25, 0.3) is 0 Å². The Morgan fingerprint density at radius 2 is 2.03 bits per heavy atom. The Labute approximate surface area is 176 Å². The van der Waals surface area contributed by atoms with Crippen molar-refractivity contribution in [2.75, 3.05) is 39.1 Å². The van der Waals surface area contributed by atoms with Crippen LogP contribution < -0.4 is 15.5 Å². The molecule has 2 aromatic rings. The van der Waals surface area contributed by atoms with Gasteiger partial charge < -0.3 is 15.5 Å². The zero-order valence-corrected chi connectivity index (χ0v) is 18.2. The topological polar surface area (TPSA) is 89.9 Å². The third kappa shape index (κ3) is 5.06. The number of nitrogens with one attached hydrogen (secondary N) is 2. The van der Waals surface area contributed by atoms with E-state index >= 15 is 0 Å². The summed E-state index contributed by atoms with van der Waals surface area (Å²) < 4.78 is 39.4. The molecule has 1 saturated heterocycles. The molecule has 1 fully saturated rings. The summed E-state index contributed by atoms with van der Waals surface area (Å²) in [5.74, 6) is 0.686. The summed E-state index contributed by atoms with van der Waals surface area (Å²) in [5, 5.41) is 6.58. The van der Waals surface area contributed by atoms with Gasteiger partial charge >= 0.3 is 0 Å². The molecule has 2 N–H and O–H groups in total. The van der Waals surface area contributed by atoms with Crippen LogP contribution in [-0.4, -0.2) is 63.9 Å². The van der Waals surface area contributed by atoms with Gasteiger partial charge in [-0.3, -0.25) is 4.99 Å². The van der Waals surface area contributed by atoms with Gasteiger partial charge in [0.15, 0.2) is 17.6 Å². The highest BCUT2D eigenvalue weighted by atomic mass is 32.2. The van der Waals surface area contributed by atoms with E-state index in [4.69, 9.17) is 0 Å². The molecule has 1 aliphatic rings. The molecule has 1 atom stereocenters. The second-order valence-electron chi connectivity index (χ2n) is 7.24. The van der Waals surface area contributed by atoms with Crippen molar-refractivity contribution in [1.82, 2.24) is 19.9 Å². The Balaban J connectivity index is 1.54. The van der Waals surface area contributed by atoms with Gasteiger partial charge in [-0.2, -0.15) is 0 Å². The number of anilines is 1. The maximum Gasteiger partial charge on any atom is 0.242 e. The van der Waals surface area contributed by atoms with E-state index in [1.807, 2.05) is 4.90 Å². The third-order valence-corrected chi connectivity index (χ3v) is 6.78. The lowest BCUT2D eigenvalue weighted by molar-refractivity contribution is 0.520. The monoisotopic (exact) mass is 434 g/mol. The second-order valence-corrected chi connectivity index (χ2v) is 9.39. The fourth-order valence-electron chi connectivity index (χ4n) is 3.24. The van der Waals surface area contributed by atoms with Crippen LogP contribution in [0.4, 0.5) is 10.2 Å². The van der Waals surface area contributed by atoms with E-state index in [2.05, 4.69) is 20.6 Å². The zero-order valence-electron chi connectivity index (χ0n) is 17.3. The highest BCUT2D eigenvalue weighted by Crippen LogP contribution is 2.20. The van der Waals surface area contributed by atoms with Crippen LogP contribution in [0.1, 0.15) is 12.0 Å². The van der Waals surface area contributed by atoms with Gasteiger partial charge in [-0.15, -0.1) is 0 Å². The zero-order chi connectivity index (χ0) is 21.7. The van der Waals surface area contributed by atoms with Gasteiger partial charge in [0.2, 0.25) is 10.0 Å². The number of pyridine rings is 1. The largest absolute Gasteiger partial charge is 0.352 e. The highest BCUT2D eigenvalue weighted by Gasteiger charge is 2.26. The number of aromatic nitrogens is 1. The molecule has 0 bridgehead atoms. The van der Waals surface area contributed by atoms with Gasteiger partial charge in [-0.1, -0.05) is 12.1 Å². The number of nitrogens with zero attached hydrogens (tertiary/aromatic N) is 4. The lowest BCUT2D eigenvalue weighted by Crippen LogP contribution is -2.44. The van der Waals surface area contributed by atoms with E-state index < -0.39 is 10.0 Å². The Bertz CT molecular complexity index is 995. The summed E-state index contributed by atoms with van der Waals surface area (Å²) in [6.45, 7) is 1.84. The molecule has 2 heterocycles. The van der Waals surface area contributed by atoms with Crippen molar-refractivity contribution in [1.29, 1.82) is 0 Å². The minimum Gasteiger partial charge on any atom is -0.352 e. The van der Waals surface area contributed by atoms with Gasteiger partial charge in [0.1, 0.15) is 0 Å². The minimum atomic E-state index is -3.44. The number of hydrogen-bond acceptors (Lipinski definition) is 5.